The summed E-state index contributed by atoms with van der Waals surface area (Å²) in [6.45, 7) is 2.02. The van der Waals surface area contributed by atoms with Crippen molar-refractivity contribution in [3.8, 4) is 0 Å². The molecule has 2 aromatic rings. The molecule has 1 amide bonds. The number of nitrogens with zero attached hydrogens (tertiary/aromatic N) is 3. The molecule has 1 fully saturated rings. The van der Waals surface area contributed by atoms with Gasteiger partial charge in [-0.15, -0.1) is 0 Å². The molecule has 21 heavy (non-hydrogen) atoms. The van der Waals surface area contributed by atoms with Gasteiger partial charge >= 0.3 is 0 Å². The fourth-order valence-electron chi connectivity index (χ4n) is 2.38. The molecule has 110 valence electrons. The Balaban J connectivity index is 1.66. The lowest BCUT2D eigenvalue weighted by atomic mass is 10.1. The number of piperidine rings is 1. The summed E-state index contributed by atoms with van der Waals surface area (Å²) in [5.74, 6) is -0.229. The molecule has 7 heteroatoms. The summed E-state index contributed by atoms with van der Waals surface area (Å²) in [4.78, 5) is 16.2. The zero-order valence-corrected chi connectivity index (χ0v) is 13.0. The average molecular weight is 350 g/mol. The van der Waals surface area contributed by atoms with Gasteiger partial charge in [-0.3, -0.25) is 9.48 Å². The molecule has 0 spiro atoms. The van der Waals surface area contributed by atoms with Crippen molar-refractivity contribution in [3.05, 3.63) is 40.9 Å². The summed E-state index contributed by atoms with van der Waals surface area (Å²) >= 11 is 3.30. The highest BCUT2D eigenvalue weighted by atomic mass is 79.9. The fourth-order valence-corrected chi connectivity index (χ4v) is 2.61. The van der Waals surface area contributed by atoms with Crippen molar-refractivity contribution in [1.82, 2.24) is 20.1 Å². The number of aromatic nitrogens is 3. The van der Waals surface area contributed by atoms with E-state index in [0.717, 1.165) is 30.4 Å². The van der Waals surface area contributed by atoms with Crippen molar-refractivity contribution >= 4 is 27.5 Å². The number of hydrogen-bond donors (Lipinski definition) is 2. The molecular weight excluding hydrogens is 334 g/mol. The van der Waals surface area contributed by atoms with Crippen molar-refractivity contribution in [1.29, 1.82) is 0 Å². The zero-order chi connectivity index (χ0) is 14.7. The zero-order valence-electron chi connectivity index (χ0n) is 11.4. The Morgan fingerprint density at radius 3 is 2.86 bits per heavy atom. The predicted octanol–water partition coefficient (Wildman–Crippen LogP) is 2.22. The van der Waals surface area contributed by atoms with Gasteiger partial charge < -0.3 is 10.6 Å². The third kappa shape index (κ3) is 3.48. The first-order valence-corrected chi connectivity index (χ1v) is 7.69. The van der Waals surface area contributed by atoms with Gasteiger partial charge in [0.15, 0.2) is 0 Å². The van der Waals surface area contributed by atoms with Gasteiger partial charge in [0.05, 0.1) is 17.9 Å². The summed E-state index contributed by atoms with van der Waals surface area (Å²) in [6.07, 6.45) is 7.28. The van der Waals surface area contributed by atoms with Crippen LogP contribution in [-0.4, -0.2) is 33.8 Å². The third-order valence-corrected chi connectivity index (χ3v) is 3.97. The highest BCUT2D eigenvalue weighted by molar-refractivity contribution is 9.10. The van der Waals surface area contributed by atoms with E-state index in [1.54, 1.807) is 24.5 Å². The number of amides is 1. The summed E-state index contributed by atoms with van der Waals surface area (Å²) < 4.78 is 2.78. The Morgan fingerprint density at radius 1 is 1.33 bits per heavy atom. The second kappa shape index (κ2) is 6.36. The highest BCUT2D eigenvalue weighted by Gasteiger charge is 2.16. The Labute approximate surface area is 131 Å². The van der Waals surface area contributed by atoms with Crippen LogP contribution in [0.1, 0.15) is 29.4 Å². The number of hydrogen-bond acceptors (Lipinski definition) is 4. The number of nitrogens with one attached hydrogen (secondary N) is 2. The van der Waals surface area contributed by atoms with E-state index < -0.39 is 0 Å². The largest absolute Gasteiger partial charge is 0.318 e. The van der Waals surface area contributed by atoms with Crippen LogP contribution in [-0.2, 0) is 0 Å². The van der Waals surface area contributed by atoms with Crippen LogP contribution in [0.5, 0.6) is 0 Å². The van der Waals surface area contributed by atoms with Crippen LogP contribution in [0.2, 0.25) is 0 Å². The van der Waals surface area contributed by atoms with Crippen LogP contribution < -0.4 is 10.6 Å². The lowest BCUT2D eigenvalue weighted by Crippen LogP contribution is -2.29. The Bertz CT molecular complexity index is 619. The van der Waals surface area contributed by atoms with Gasteiger partial charge in [0, 0.05) is 16.9 Å². The van der Waals surface area contributed by atoms with Crippen LogP contribution in [0.4, 0.5) is 5.69 Å². The SMILES string of the molecule is O=C(Nc1cnn(C2CCNCC2)c1)c1ccc(Br)cn1. The molecule has 0 atom stereocenters. The minimum Gasteiger partial charge on any atom is -0.318 e. The highest BCUT2D eigenvalue weighted by Crippen LogP contribution is 2.19. The van der Waals surface area contributed by atoms with E-state index in [2.05, 4.69) is 36.6 Å². The first kappa shape index (κ1) is 14.2. The first-order valence-electron chi connectivity index (χ1n) is 6.90. The number of carbonyl (C=O) groups is 1. The molecule has 0 radical (unpaired) electrons. The summed E-state index contributed by atoms with van der Waals surface area (Å²) in [7, 11) is 0. The van der Waals surface area contributed by atoms with Crippen LogP contribution in [0.25, 0.3) is 0 Å². The van der Waals surface area contributed by atoms with E-state index >= 15 is 0 Å². The van der Waals surface area contributed by atoms with E-state index in [0.29, 0.717) is 17.4 Å². The normalized spacial score (nSPS) is 15.9. The minimum atomic E-state index is -0.229. The standard InChI is InChI=1S/C14H16BrN5O/c15-10-1-2-13(17-7-10)14(21)19-11-8-18-20(9-11)12-3-5-16-6-4-12/h1-2,7-9,12,16H,3-6H2,(H,19,21). The smallest absolute Gasteiger partial charge is 0.274 e. The Hall–Kier alpha value is -1.73. The summed E-state index contributed by atoms with van der Waals surface area (Å²) in [5.41, 5.74) is 1.08. The summed E-state index contributed by atoms with van der Waals surface area (Å²) in [5, 5.41) is 10.5. The topological polar surface area (TPSA) is 71.8 Å². The van der Waals surface area contributed by atoms with Gasteiger partial charge in [0.2, 0.25) is 0 Å². The second-order valence-corrected chi connectivity index (χ2v) is 5.92. The molecule has 2 N–H and O–H groups in total. The Kier molecular flexibility index (Phi) is 4.31. The molecule has 0 saturated carbocycles. The monoisotopic (exact) mass is 349 g/mol. The molecule has 2 aromatic heterocycles. The first-order chi connectivity index (χ1) is 10.2. The van der Waals surface area contributed by atoms with E-state index in [4.69, 9.17) is 0 Å². The molecule has 1 aliphatic rings. The molecule has 1 aliphatic heterocycles. The maximum Gasteiger partial charge on any atom is 0.274 e. The molecule has 0 unspecified atom stereocenters. The van der Waals surface area contributed by atoms with E-state index in [-0.39, 0.29) is 5.91 Å². The van der Waals surface area contributed by atoms with Gasteiger partial charge in [-0.25, -0.2) is 4.98 Å². The molecule has 0 bridgehead atoms. The van der Waals surface area contributed by atoms with Crippen LogP contribution in [0.15, 0.2) is 35.2 Å². The van der Waals surface area contributed by atoms with Gasteiger partial charge in [-0.2, -0.15) is 5.10 Å². The number of pyridine rings is 1. The summed E-state index contributed by atoms with van der Waals surface area (Å²) in [6, 6.07) is 3.87. The molecule has 0 aliphatic carbocycles. The quantitative estimate of drug-likeness (QED) is 0.891. The van der Waals surface area contributed by atoms with E-state index in [1.807, 2.05) is 10.9 Å². The number of anilines is 1. The van der Waals surface area contributed by atoms with E-state index in [9.17, 15) is 4.79 Å². The fraction of sp³-hybridized carbons (Fsp3) is 0.357. The van der Waals surface area contributed by atoms with Crippen molar-refractivity contribution in [3.63, 3.8) is 0 Å². The lowest BCUT2D eigenvalue weighted by Gasteiger charge is -2.22. The van der Waals surface area contributed by atoms with Crippen molar-refractivity contribution < 1.29 is 4.79 Å². The van der Waals surface area contributed by atoms with Crippen LogP contribution in [0.3, 0.4) is 0 Å². The lowest BCUT2D eigenvalue weighted by molar-refractivity contribution is 0.102. The maximum absolute atomic E-state index is 12.1. The van der Waals surface area contributed by atoms with Crippen LogP contribution >= 0.6 is 15.9 Å². The minimum absolute atomic E-state index is 0.229. The van der Waals surface area contributed by atoms with Crippen LogP contribution in [0, 0.1) is 0 Å². The average Bonchev–Trinajstić information content (AvgIpc) is 2.97. The van der Waals surface area contributed by atoms with E-state index in [1.165, 1.54) is 0 Å². The molecule has 6 nitrogen and oxygen atoms in total. The third-order valence-electron chi connectivity index (χ3n) is 3.50. The Morgan fingerprint density at radius 2 is 2.14 bits per heavy atom. The molecule has 0 aromatic carbocycles. The molecule has 1 saturated heterocycles. The van der Waals surface area contributed by atoms with Crippen molar-refractivity contribution in [2.24, 2.45) is 0 Å². The van der Waals surface area contributed by atoms with Gasteiger partial charge in [0.25, 0.3) is 5.91 Å². The predicted molar refractivity (Wildman–Crippen MR) is 83.3 cm³/mol. The van der Waals surface area contributed by atoms with Gasteiger partial charge in [0.1, 0.15) is 5.69 Å². The number of halogens is 1. The van der Waals surface area contributed by atoms with Crippen molar-refractivity contribution in [2.45, 2.75) is 18.9 Å². The van der Waals surface area contributed by atoms with Gasteiger partial charge in [-0.1, -0.05) is 0 Å². The molecular formula is C14H16BrN5O. The molecule has 3 heterocycles. The molecule has 3 rings (SSSR count). The second-order valence-electron chi connectivity index (χ2n) is 5.01. The van der Waals surface area contributed by atoms with Gasteiger partial charge in [-0.05, 0) is 54.0 Å². The maximum atomic E-state index is 12.1. The number of rotatable bonds is 3. The number of carbonyl (C=O) groups excluding carboxylic acids is 1. The van der Waals surface area contributed by atoms with Crippen molar-refractivity contribution in [2.75, 3.05) is 18.4 Å².